The van der Waals surface area contributed by atoms with E-state index in [1.54, 1.807) is 26.4 Å². The fraction of sp³-hybridized carbons (Fsp3) is 0.273. The maximum atomic E-state index is 12.3. The van der Waals surface area contributed by atoms with Crippen LogP contribution < -0.4 is 20.1 Å². The van der Waals surface area contributed by atoms with E-state index in [0.717, 1.165) is 11.1 Å². The van der Waals surface area contributed by atoms with Gasteiger partial charge in [0.05, 0.1) is 14.2 Å². The molecule has 0 saturated carbocycles. The Kier molecular flexibility index (Phi) is 7.55. The van der Waals surface area contributed by atoms with Crippen molar-refractivity contribution in [1.29, 1.82) is 0 Å². The molecule has 1 aromatic heterocycles. The first-order valence-corrected chi connectivity index (χ1v) is 10.5. The minimum absolute atomic E-state index is 0.134. The summed E-state index contributed by atoms with van der Waals surface area (Å²) in [6.07, 6.45) is 0.636. The van der Waals surface area contributed by atoms with Crippen LogP contribution in [0.25, 0.3) is 0 Å². The zero-order valence-electron chi connectivity index (χ0n) is 17.6. The number of ether oxygens (including phenoxy) is 2. The molecule has 0 atom stereocenters. The zero-order valence-corrected chi connectivity index (χ0v) is 18.4. The third kappa shape index (κ3) is 6.26. The minimum atomic E-state index is -0.317. The summed E-state index contributed by atoms with van der Waals surface area (Å²) in [6.45, 7) is 2.30. The average molecular weight is 441 g/mol. The molecule has 9 heteroatoms. The quantitative estimate of drug-likeness (QED) is 0.529. The molecule has 8 nitrogen and oxygen atoms in total. The second-order valence-electron chi connectivity index (χ2n) is 6.78. The van der Waals surface area contributed by atoms with Gasteiger partial charge in [-0.3, -0.25) is 9.59 Å². The van der Waals surface area contributed by atoms with Crippen molar-refractivity contribution < 1.29 is 19.1 Å². The second kappa shape index (κ2) is 10.5. The van der Waals surface area contributed by atoms with Gasteiger partial charge in [0.25, 0.3) is 5.91 Å². The van der Waals surface area contributed by atoms with Gasteiger partial charge in [-0.2, -0.15) is 0 Å². The number of benzene rings is 2. The lowest BCUT2D eigenvalue weighted by Crippen LogP contribution is -2.23. The van der Waals surface area contributed by atoms with Crippen molar-refractivity contribution in [1.82, 2.24) is 15.5 Å². The van der Waals surface area contributed by atoms with E-state index in [-0.39, 0.29) is 23.2 Å². The molecular formula is C22H24N4O4S. The first-order valence-electron chi connectivity index (χ1n) is 9.66. The maximum Gasteiger partial charge on any atom is 0.286 e. The SMILES string of the molecule is COc1ccc(OC)c(CNC(=O)CCc2nnc(C(=O)Nc3ccc(C)cc3)s2)c1. The molecule has 0 spiro atoms. The van der Waals surface area contributed by atoms with Gasteiger partial charge in [-0.15, -0.1) is 10.2 Å². The van der Waals surface area contributed by atoms with E-state index in [4.69, 9.17) is 9.47 Å². The van der Waals surface area contributed by atoms with Gasteiger partial charge in [0, 0.05) is 30.6 Å². The highest BCUT2D eigenvalue weighted by Crippen LogP contribution is 2.23. The van der Waals surface area contributed by atoms with E-state index in [0.29, 0.717) is 35.2 Å². The van der Waals surface area contributed by atoms with Crippen molar-refractivity contribution in [3.05, 3.63) is 63.6 Å². The lowest BCUT2D eigenvalue weighted by atomic mass is 10.2. The summed E-state index contributed by atoms with van der Waals surface area (Å²) in [7, 11) is 3.16. The first-order chi connectivity index (χ1) is 15.0. The van der Waals surface area contributed by atoms with Crippen LogP contribution in [0.1, 0.15) is 32.4 Å². The largest absolute Gasteiger partial charge is 0.497 e. The fourth-order valence-electron chi connectivity index (χ4n) is 2.79. The summed E-state index contributed by atoms with van der Waals surface area (Å²) >= 11 is 1.18. The first kappa shape index (κ1) is 22.2. The predicted octanol–water partition coefficient (Wildman–Crippen LogP) is 3.37. The predicted molar refractivity (Wildman–Crippen MR) is 119 cm³/mol. The Morgan fingerprint density at radius 2 is 1.81 bits per heavy atom. The van der Waals surface area contributed by atoms with E-state index in [1.807, 2.05) is 37.3 Å². The Bertz CT molecular complexity index is 1050. The number of carbonyl (C=O) groups is 2. The van der Waals surface area contributed by atoms with Crippen LogP contribution in [-0.4, -0.2) is 36.2 Å². The second-order valence-corrected chi connectivity index (χ2v) is 7.84. The molecule has 0 aliphatic heterocycles. The van der Waals surface area contributed by atoms with Crippen LogP contribution in [-0.2, 0) is 17.8 Å². The van der Waals surface area contributed by atoms with Crippen LogP contribution in [0.2, 0.25) is 0 Å². The molecule has 2 N–H and O–H groups in total. The van der Waals surface area contributed by atoms with Crippen LogP contribution in [0.5, 0.6) is 11.5 Å². The Hall–Kier alpha value is -3.46. The van der Waals surface area contributed by atoms with Crippen molar-refractivity contribution in [3.8, 4) is 11.5 Å². The number of hydrogen-bond acceptors (Lipinski definition) is 7. The molecule has 31 heavy (non-hydrogen) atoms. The van der Waals surface area contributed by atoms with Gasteiger partial charge in [0.2, 0.25) is 10.9 Å². The maximum absolute atomic E-state index is 12.3. The van der Waals surface area contributed by atoms with Gasteiger partial charge in [0.1, 0.15) is 16.5 Å². The van der Waals surface area contributed by atoms with Gasteiger partial charge in [0.15, 0.2) is 0 Å². The van der Waals surface area contributed by atoms with E-state index >= 15 is 0 Å². The van der Waals surface area contributed by atoms with E-state index < -0.39 is 0 Å². The molecular weight excluding hydrogens is 416 g/mol. The molecule has 0 bridgehead atoms. The number of rotatable bonds is 9. The van der Waals surface area contributed by atoms with Crippen LogP contribution in [0.4, 0.5) is 5.69 Å². The third-order valence-corrected chi connectivity index (χ3v) is 5.48. The normalized spacial score (nSPS) is 10.4. The molecule has 3 rings (SSSR count). The van der Waals surface area contributed by atoms with Crippen molar-refractivity contribution in [2.75, 3.05) is 19.5 Å². The highest BCUT2D eigenvalue weighted by Gasteiger charge is 2.14. The molecule has 0 fully saturated rings. The van der Waals surface area contributed by atoms with Crippen molar-refractivity contribution in [2.45, 2.75) is 26.3 Å². The Morgan fingerprint density at radius 3 is 2.52 bits per heavy atom. The number of anilines is 1. The van der Waals surface area contributed by atoms with Crippen LogP contribution in [0.3, 0.4) is 0 Å². The van der Waals surface area contributed by atoms with Gasteiger partial charge in [-0.25, -0.2) is 0 Å². The zero-order chi connectivity index (χ0) is 22.2. The molecule has 3 aromatic rings. The summed E-state index contributed by atoms with van der Waals surface area (Å²) < 4.78 is 10.5. The molecule has 0 unspecified atom stereocenters. The molecule has 0 saturated heterocycles. The lowest BCUT2D eigenvalue weighted by molar-refractivity contribution is -0.121. The van der Waals surface area contributed by atoms with Gasteiger partial charge >= 0.3 is 0 Å². The fourth-order valence-corrected chi connectivity index (χ4v) is 3.52. The summed E-state index contributed by atoms with van der Waals surface area (Å²) in [6, 6.07) is 12.9. The van der Waals surface area contributed by atoms with Crippen LogP contribution in [0, 0.1) is 6.92 Å². The smallest absolute Gasteiger partial charge is 0.286 e. The van der Waals surface area contributed by atoms with E-state index in [1.165, 1.54) is 11.3 Å². The molecule has 0 radical (unpaired) electrons. The number of aromatic nitrogens is 2. The standard InChI is InChI=1S/C22H24N4O4S/c1-14-4-6-16(7-5-14)24-21(28)22-26-25-20(31-22)11-10-19(27)23-13-15-12-17(29-2)8-9-18(15)30-3/h4-9,12H,10-11,13H2,1-3H3,(H,23,27)(H,24,28). The average Bonchev–Trinajstić information content (AvgIpc) is 3.27. The van der Waals surface area contributed by atoms with Crippen molar-refractivity contribution in [3.63, 3.8) is 0 Å². The number of amides is 2. The molecule has 1 heterocycles. The van der Waals surface area contributed by atoms with E-state index in [2.05, 4.69) is 20.8 Å². The molecule has 2 amide bonds. The monoisotopic (exact) mass is 440 g/mol. The summed E-state index contributed by atoms with van der Waals surface area (Å²) in [5.74, 6) is 0.915. The minimum Gasteiger partial charge on any atom is -0.497 e. The Morgan fingerprint density at radius 1 is 1.03 bits per heavy atom. The van der Waals surface area contributed by atoms with Crippen molar-refractivity contribution >= 4 is 28.8 Å². The summed E-state index contributed by atoms with van der Waals surface area (Å²) in [5, 5.41) is 14.5. The van der Waals surface area contributed by atoms with Crippen LogP contribution in [0.15, 0.2) is 42.5 Å². The molecule has 0 aliphatic rings. The summed E-state index contributed by atoms with van der Waals surface area (Å²) in [5.41, 5.74) is 2.63. The number of methoxy groups -OCH3 is 2. The van der Waals surface area contributed by atoms with Gasteiger partial charge < -0.3 is 20.1 Å². The number of aryl methyl sites for hydroxylation is 2. The molecule has 0 aliphatic carbocycles. The number of nitrogens with zero attached hydrogens (tertiary/aromatic N) is 2. The lowest BCUT2D eigenvalue weighted by Gasteiger charge is -2.11. The molecule has 2 aromatic carbocycles. The Labute approximate surface area is 184 Å². The topological polar surface area (TPSA) is 102 Å². The Balaban J connectivity index is 1.49. The van der Waals surface area contributed by atoms with Crippen LogP contribution >= 0.6 is 11.3 Å². The highest BCUT2D eigenvalue weighted by molar-refractivity contribution is 7.13. The summed E-state index contributed by atoms with van der Waals surface area (Å²) in [4.78, 5) is 24.6. The number of carbonyl (C=O) groups excluding carboxylic acids is 2. The van der Waals surface area contributed by atoms with Gasteiger partial charge in [-0.05, 0) is 37.3 Å². The third-order valence-electron chi connectivity index (χ3n) is 4.50. The van der Waals surface area contributed by atoms with Crippen molar-refractivity contribution in [2.24, 2.45) is 0 Å². The van der Waals surface area contributed by atoms with Gasteiger partial charge in [-0.1, -0.05) is 29.0 Å². The molecule has 162 valence electrons. The number of nitrogens with one attached hydrogen (secondary N) is 2. The highest BCUT2D eigenvalue weighted by atomic mass is 32.1. The number of hydrogen-bond donors (Lipinski definition) is 2. The van der Waals surface area contributed by atoms with E-state index in [9.17, 15) is 9.59 Å².